The number of aromatic nitrogens is 1. The highest BCUT2D eigenvalue weighted by Crippen LogP contribution is 2.22. The summed E-state index contributed by atoms with van der Waals surface area (Å²) in [6, 6.07) is 11.3. The van der Waals surface area contributed by atoms with E-state index in [1.54, 1.807) is 12.3 Å². The summed E-state index contributed by atoms with van der Waals surface area (Å²) in [6.45, 7) is 1.22. The molecule has 1 aromatic heterocycles. The number of rotatable bonds is 6. The summed E-state index contributed by atoms with van der Waals surface area (Å²) in [4.78, 5) is 4.10. The molecule has 1 aromatic carbocycles. The molecule has 0 aliphatic heterocycles. The van der Waals surface area contributed by atoms with E-state index in [2.05, 4.69) is 4.98 Å². The van der Waals surface area contributed by atoms with Gasteiger partial charge < -0.3 is 15.2 Å². The molecule has 4 nitrogen and oxygen atoms in total. The second-order valence-corrected chi connectivity index (χ2v) is 4.25. The van der Waals surface area contributed by atoms with Gasteiger partial charge in [0.05, 0.1) is 0 Å². The second-order valence-electron chi connectivity index (χ2n) is 3.84. The zero-order valence-corrected chi connectivity index (χ0v) is 11.1. The molecule has 0 unspecified atom stereocenters. The van der Waals surface area contributed by atoms with Crippen LogP contribution in [0.3, 0.4) is 0 Å². The highest BCUT2D eigenvalue weighted by molar-refractivity contribution is 6.31. The Morgan fingerprint density at radius 1 is 1.11 bits per heavy atom. The van der Waals surface area contributed by atoms with E-state index in [9.17, 15) is 0 Å². The predicted molar refractivity (Wildman–Crippen MR) is 74.6 cm³/mol. The van der Waals surface area contributed by atoms with Crippen molar-refractivity contribution in [2.75, 3.05) is 13.2 Å². The van der Waals surface area contributed by atoms with E-state index in [0.717, 1.165) is 11.3 Å². The summed E-state index contributed by atoms with van der Waals surface area (Å²) in [5.41, 5.74) is 6.37. The standard InChI is InChI=1S/C14H15ClN2O2/c15-13-8-11(9-16)10-17-14(13)19-7-6-18-12-4-2-1-3-5-12/h1-5,8,10H,6-7,9,16H2. The number of hydrogen-bond acceptors (Lipinski definition) is 4. The number of pyridine rings is 1. The Kier molecular flexibility index (Phi) is 5.01. The third-order valence-corrected chi connectivity index (χ3v) is 2.70. The lowest BCUT2D eigenvalue weighted by molar-refractivity contribution is 0.212. The first-order valence-corrected chi connectivity index (χ1v) is 6.32. The molecule has 0 saturated heterocycles. The van der Waals surface area contributed by atoms with Crippen LogP contribution in [0.4, 0.5) is 0 Å². The van der Waals surface area contributed by atoms with Crippen LogP contribution in [0.15, 0.2) is 42.6 Å². The molecule has 0 bridgehead atoms. The monoisotopic (exact) mass is 278 g/mol. The molecule has 0 spiro atoms. The molecule has 2 rings (SSSR count). The fraction of sp³-hybridized carbons (Fsp3) is 0.214. The normalized spacial score (nSPS) is 10.2. The van der Waals surface area contributed by atoms with Gasteiger partial charge in [0.2, 0.25) is 5.88 Å². The van der Waals surface area contributed by atoms with Crippen molar-refractivity contribution in [1.82, 2.24) is 4.98 Å². The van der Waals surface area contributed by atoms with Gasteiger partial charge in [-0.15, -0.1) is 0 Å². The third-order valence-electron chi connectivity index (χ3n) is 2.43. The Morgan fingerprint density at radius 2 is 1.84 bits per heavy atom. The van der Waals surface area contributed by atoms with Crippen LogP contribution >= 0.6 is 11.6 Å². The molecule has 19 heavy (non-hydrogen) atoms. The van der Waals surface area contributed by atoms with Gasteiger partial charge in [0.25, 0.3) is 0 Å². The number of para-hydroxylation sites is 1. The Labute approximate surface area is 117 Å². The van der Waals surface area contributed by atoms with Crippen molar-refractivity contribution < 1.29 is 9.47 Å². The summed E-state index contributed by atoms with van der Waals surface area (Å²) < 4.78 is 10.9. The first-order chi connectivity index (χ1) is 9.29. The smallest absolute Gasteiger partial charge is 0.232 e. The van der Waals surface area contributed by atoms with Crippen LogP contribution in [0, 0.1) is 0 Å². The number of halogens is 1. The Morgan fingerprint density at radius 3 is 2.53 bits per heavy atom. The maximum Gasteiger partial charge on any atom is 0.232 e. The maximum atomic E-state index is 6.02. The van der Waals surface area contributed by atoms with Gasteiger partial charge in [0, 0.05) is 12.7 Å². The third kappa shape index (κ3) is 4.12. The number of ether oxygens (including phenoxy) is 2. The van der Waals surface area contributed by atoms with Crippen LogP contribution in [0.25, 0.3) is 0 Å². The molecule has 0 aliphatic rings. The molecule has 2 N–H and O–H groups in total. The molecule has 1 heterocycles. The van der Waals surface area contributed by atoms with Gasteiger partial charge in [-0.25, -0.2) is 4.98 Å². The van der Waals surface area contributed by atoms with Crippen molar-refractivity contribution >= 4 is 11.6 Å². The van der Waals surface area contributed by atoms with Crippen molar-refractivity contribution in [2.24, 2.45) is 5.73 Å². The quantitative estimate of drug-likeness (QED) is 0.826. The van der Waals surface area contributed by atoms with E-state index in [1.165, 1.54) is 0 Å². The van der Waals surface area contributed by atoms with Crippen molar-refractivity contribution in [3.8, 4) is 11.6 Å². The lowest BCUT2D eigenvalue weighted by Gasteiger charge is -2.09. The van der Waals surface area contributed by atoms with Crippen molar-refractivity contribution in [2.45, 2.75) is 6.54 Å². The first kappa shape index (κ1) is 13.6. The van der Waals surface area contributed by atoms with Crippen LogP contribution < -0.4 is 15.2 Å². The van der Waals surface area contributed by atoms with Gasteiger partial charge >= 0.3 is 0 Å². The van der Waals surface area contributed by atoms with Crippen LogP contribution in [-0.2, 0) is 6.54 Å². The van der Waals surface area contributed by atoms with Gasteiger partial charge in [-0.3, -0.25) is 0 Å². The highest BCUT2D eigenvalue weighted by Gasteiger charge is 2.04. The van der Waals surface area contributed by atoms with Gasteiger partial charge in [0.1, 0.15) is 24.0 Å². The predicted octanol–water partition coefficient (Wildman–Crippen LogP) is 2.65. The van der Waals surface area contributed by atoms with Crippen LogP contribution in [0.1, 0.15) is 5.56 Å². The maximum absolute atomic E-state index is 6.02. The fourth-order valence-corrected chi connectivity index (χ4v) is 1.74. The largest absolute Gasteiger partial charge is 0.490 e. The van der Waals surface area contributed by atoms with Gasteiger partial charge in [-0.1, -0.05) is 29.8 Å². The molecule has 0 atom stereocenters. The molecule has 0 fully saturated rings. The Bertz CT molecular complexity index is 520. The number of nitrogens with two attached hydrogens (primary N) is 1. The molecule has 0 aliphatic carbocycles. The molecular formula is C14H15ClN2O2. The minimum absolute atomic E-state index is 0.379. The van der Waals surface area contributed by atoms with E-state index >= 15 is 0 Å². The molecule has 0 radical (unpaired) electrons. The highest BCUT2D eigenvalue weighted by atomic mass is 35.5. The molecular weight excluding hydrogens is 264 g/mol. The number of nitrogens with zero attached hydrogens (tertiary/aromatic N) is 1. The van der Waals surface area contributed by atoms with E-state index < -0.39 is 0 Å². The summed E-state index contributed by atoms with van der Waals surface area (Å²) >= 11 is 6.02. The van der Waals surface area contributed by atoms with E-state index in [1.807, 2.05) is 30.3 Å². The Balaban J connectivity index is 1.80. The SMILES string of the molecule is NCc1cnc(OCCOc2ccccc2)c(Cl)c1. The van der Waals surface area contributed by atoms with Gasteiger partial charge in [-0.2, -0.15) is 0 Å². The second kappa shape index (κ2) is 6.97. The zero-order chi connectivity index (χ0) is 13.5. The van der Waals surface area contributed by atoms with Crippen LogP contribution in [0.5, 0.6) is 11.6 Å². The van der Waals surface area contributed by atoms with E-state index in [-0.39, 0.29) is 0 Å². The van der Waals surface area contributed by atoms with E-state index in [4.69, 9.17) is 26.8 Å². The molecule has 5 heteroatoms. The van der Waals surface area contributed by atoms with Crippen LogP contribution in [0.2, 0.25) is 5.02 Å². The summed E-state index contributed by atoms with van der Waals surface area (Å²) in [5.74, 6) is 1.21. The average Bonchev–Trinajstić information content (AvgIpc) is 2.46. The average molecular weight is 279 g/mol. The molecule has 2 aromatic rings. The molecule has 0 saturated carbocycles. The summed E-state index contributed by atoms with van der Waals surface area (Å²) in [5, 5.41) is 0.461. The van der Waals surface area contributed by atoms with Gasteiger partial charge in [0.15, 0.2) is 0 Å². The van der Waals surface area contributed by atoms with Crippen molar-refractivity contribution in [1.29, 1.82) is 0 Å². The first-order valence-electron chi connectivity index (χ1n) is 5.94. The zero-order valence-electron chi connectivity index (χ0n) is 10.4. The number of hydrogen-bond donors (Lipinski definition) is 1. The van der Waals surface area contributed by atoms with Crippen molar-refractivity contribution in [3.63, 3.8) is 0 Å². The lowest BCUT2D eigenvalue weighted by atomic mass is 10.3. The van der Waals surface area contributed by atoms with E-state index in [0.29, 0.717) is 30.7 Å². The summed E-state index contributed by atoms with van der Waals surface area (Å²) in [7, 11) is 0. The van der Waals surface area contributed by atoms with Crippen LogP contribution in [-0.4, -0.2) is 18.2 Å². The Hall–Kier alpha value is -1.78. The lowest BCUT2D eigenvalue weighted by Crippen LogP contribution is -2.10. The number of benzene rings is 1. The van der Waals surface area contributed by atoms with Gasteiger partial charge in [-0.05, 0) is 23.8 Å². The van der Waals surface area contributed by atoms with Crippen molar-refractivity contribution in [3.05, 3.63) is 53.2 Å². The summed E-state index contributed by atoms with van der Waals surface area (Å²) in [6.07, 6.45) is 1.65. The molecule has 100 valence electrons. The molecule has 0 amide bonds. The fourth-order valence-electron chi connectivity index (χ4n) is 1.50. The topological polar surface area (TPSA) is 57.4 Å². The minimum Gasteiger partial charge on any atom is -0.490 e. The minimum atomic E-state index is 0.379.